The van der Waals surface area contributed by atoms with Crippen molar-refractivity contribution in [3.8, 4) is 0 Å². The zero-order valence-corrected chi connectivity index (χ0v) is 19.2. The lowest BCUT2D eigenvalue weighted by atomic mass is 10.0. The van der Waals surface area contributed by atoms with E-state index in [1.807, 2.05) is 0 Å². The zero-order chi connectivity index (χ0) is 24.6. The van der Waals surface area contributed by atoms with Gasteiger partial charge < -0.3 is 15.1 Å². The second kappa shape index (κ2) is 9.81. The van der Waals surface area contributed by atoms with Crippen LogP contribution in [-0.4, -0.2) is 58.1 Å². The molecule has 0 saturated heterocycles. The number of fused-ring (bicyclic) bond motifs is 3. The number of nitrogens with one attached hydrogen (secondary N) is 1. The average Bonchev–Trinajstić information content (AvgIpc) is 3.09. The maximum Gasteiger partial charge on any atom is 0.322 e. The van der Waals surface area contributed by atoms with Gasteiger partial charge in [-0.2, -0.15) is 5.10 Å². The van der Waals surface area contributed by atoms with Crippen LogP contribution in [0.5, 0.6) is 0 Å². The van der Waals surface area contributed by atoms with Crippen molar-refractivity contribution in [3.63, 3.8) is 0 Å². The standard InChI is InChI=1S/C22H24ClF4N5O2/c1-30-9-12(3-2-4-17(25)26)10-32-20(21(30)33)13-11-31(8-7-15(13)29-32)22(34)28-16-6-5-14(24)18(23)19(16)27/h5-6,12,17H,2-4,7-11H2,1H3,(H,28,34). The van der Waals surface area contributed by atoms with Crippen molar-refractivity contribution < 1.29 is 27.2 Å². The van der Waals surface area contributed by atoms with Gasteiger partial charge in [0.05, 0.1) is 17.9 Å². The minimum Gasteiger partial charge on any atom is -0.340 e. The Morgan fingerprint density at radius 2 is 2.06 bits per heavy atom. The highest BCUT2D eigenvalue weighted by Crippen LogP contribution is 2.29. The van der Waals surface area contributed by atoms with Crippen molar-refractivity contribution in [2.75, 3.05) is 25.5 Å². The molecular weight excluding hydrogens is 478 g/mol. The number of halogens is 5. The van der Waals surface area contributed by atoms with Crippen LogP contribution in [0.3, 0.4) is 0 Å². The number of anilines is 1. The van der Waals surface area contributed by atoms with Crippen LogP contribution in [0.2, 0.25) is 5.02 Å². The van der Waals surface area contributed by atoms with E-state index >= 15 is 0 Å². The summed E-state index contributed by atoms with van der Waals surface area (Å²) in [7, 11) is 1.66. The number of nitrogens with zero attached hydrogens (tertiary/aromatic N) is 4. The molecule has 0 aliphatic carbocycles. The number of carbonyl (C=O) groups is 2. The second-order valence-electron chi connectivity index (χ2n) is 8.65. The molecule has 2 aliphatic heterocycles. The molecule has 3 heterocycles. The Kier molecular flexibility index (Phi) is 7.01. The van der Waals surface area contributed by atoms with E-state index in [2.05, 4.69) is 10.4 Å². The van der Waals surface area contributed by atoms with E-state index in [1.54, 1.807) is 16.6 Å². The van der Waals surface area contributed by atoms with Crippen molar-refractivity contribution in [2.45, 2.75) is 45.2 Å². The van der Waals surface area contributed by atoms with E-state index < -0.39 is 29.1 Å². The summed E-state index contributed by atoms with van der Waals surface area (Å²) >= 11 is 5.58. The van der Waals surface area contributed by atoms with Gasteiger partial charge in [0, 0.05) is 45.1 Å². The molecule has 184 valence electrons. The van der Waals surface area contributed by atoms with Crippen LogP contribution in [0.15, 0.2) is 12.1 Å². The molecule has 0 spiro atoms. The van der Waals surface area contributed by atoms with Crippen LogP contribution in [0.4, 0.5) is 28.0 Å². The minimum atomic E-state index is -2.35. The Bertz CT molecular complexity index is 1110. The minimum absolute atomic E-state index is 0.0131. The third-order valence-corrected chi connectivity index (χ3v) is 6.56. The van der Waals surface area contributed by atoms with Gasteiger partial charge in [-0.05, 0) is 30.9 Å². The maximum atomic E-state index is 14.2. The number of rotatable bonds is 5. The third-order valence-electron chi connectivity index (χ3n) is 6.21. The molecule has 0 fully saturated rings. The molecule has 4 rings (SSSR count). The van der Waals surface area contributed by atoms with Crippen LogP contribution in [0.25, 0.3) is 0 Å². The molecule has 3 amide bonds. The largest absolute Gasteiger partial charge is 0.340 e. The topological polar surface area (TPSA) is 70.5 Å². The lowest BCUT2D eigenvalue weighted by Gasteiger charge is -2.27. The summed E-state index contributed by atoms with van der Waals surface area (Å²) < 4.78 is 54.3. The SMILES string of the molecule is CN1CC(CCCC(F)F)Cn2nc3c(c2C1=O)CN(C(=O)Nc1ccc(F)c(Cl)c1F)CC3. The smallest absolute Gasteiger partial charge is 0.322 e. The molecule has 0 saturated carbocycles. The molecule has 34 heavy (non-hydrogen) atoms. The number of benzene rings is 1. The number of alkyl halides is 2. The Morgan fingerprint density at radius 3 is 2.79 bits per heavy atom. The molecule has 0 radical (unpaired) electrons. The van der Waals surface area contributed by atoms with E-state index in [4.69, 9.17) is 11.6 Å². The number of hydrogen-bond acceptors (Lipinski definition) is 3. The van der Waals surface area contributed by atoms with Crippen LogP contribution < -0.4 is 5.32 Å². The summed E-state index contributed by atoms with van der Waals surface area (Å²) in [6.45, 7) is 1.22. The zero-order valence-electron chi connectivity index (χ0n) is 18.5. The summed E-state index contributed by atoms with van der Waals surface area (Å²) in [6.07, 6.45) is -1.23. The van der Waals surface area contributed by atoms with Crippen LogP contribution in [0.1, 0.15) is 41.0 Å². The molecule has 1 aromatic heterocycles. The van der Waals surface area contributed by atoms with Crippen molar-refractivity contribution in [1.29, 1.82) is 0 Å². The van der Waals surface area contributed by atoms with Gasteiger partial charge in [0.2, 0.25) is 6.43 Å². The highest BCUT2D eigenvalue weighted by Gasteiger charge is 2.35. The van der Waals surface area contributed by atoms with Gasteiger partial charge in [-0.1, -0.05) is 11.6 Å². The molecule has 1 unspecified atom stereocenters. The van der Waals surface area contributed by atoms with Gasteiger partial charge in [-0.3, -0.25) is 9.48 Å². The first kappa shape index (κ1) is 24.3. The van der Waals surface area contributed by atoms with Gasteiger partial charge in [0.1, 0.15) is 16.5 Å². The lowest BCUT2D eigenvalue weighted by molar-refractivity contribution is 0.0773. The van der Waals surface area contributed by atoms with Crippen molar-refractivity contribution >= 4 is 29.2 Å². The third kappa shape index (κ3) is 4.84. The lowest BCUT2D eigenvalue weighted by Crippen LogP contribution is -2.40. The molecule has 1 N–H and O–H groups in total. The second-order valence-corrected chi connectivity index (χ2v) is 9.03. The Hall–Kier alpha value is -2.82. The van der Waals surface area contributed by atoms with Gasteiger partial charge in [0.25, 0.3) is 5.91 Å². The summed E-state index contributed by atoms with van der Waals surface area (Å²) in [5, 5.41) is 6.28. The van der Waals surface area contributed by atoms with Crippen molar-refractivity contribution in [2.24, 2.45) is 5.92 Å². The Balaban J connectivity index is 1.52. The highest BCUT2D eigenvalue weighted by molar-refractivity contribution is 6.31. The first-order valence-corrected chi connectivity index (χ1v) is 11.3. The van der Waals surface area contributed by atoms with Gasteiger partial charge in [-0.15, -0.1) is 0 Å². The Morgan fingerprint density at radius 1 is 1.29 bits per heavy atom. The van der Waals surface area contributed by atoms with Crippen molar-refractivity contribution in [3.05, 3.63) is 45.7 Å². The summed E-state index contributed by atoms with van der Waals surface area (Å²) in [5.74, 6) is -2.26. The maximum absolute atomic E-state index is 14.2. The van der Waals surface area contributed by atoms with Crippen LogP contribution in [0, 0.1) is 17.6 Å². The van der Waals surface area contributed by atoms with E-state index in [9.17, 15) is 27.2 Å². The van der Waals surface area contributed by atoms with Crippen molar-refractivity contribution in [1.82, 2.24) is 19.6 Å². The van der Waals surface area contributed by atoms with Gasteiger partial charge in [-0.25, -0.2) is 22.4 Å². The molecular formula is C22H24ClF4N5O2. The Labute approximate surface area is 198 Å². The van der Waals surface area contributed by atoms with Gasteiger partial charge in [0.15, 0.2) is 5.82 Å². The molecule has 1 aromatic carbocycles. The van der Waals surface area contributed by atoms with Gasteiger partial charge >= 0.3 is 6.03 Å². The number of aromatic nitrogens is 2. The first-order chi connectivity index (χ1) is 16.2. The molecule has 1 atom stereocenters. The summed E-state index contributed by atoms with van der Waals surface area (Å²) in [4.78, 5) is 28.9. The van der Waals surface area contributed by atoms with E-state index in [0.717, 1.165) is 12.1 Å². The number of urea groups is 1. The summed E-state index contributed by atoms with van der Waals surface area (Å²) in [5.41, 5.74) is 1.44. The quantitative estimate of drug-likeness (QED) is 0.483. The average molecular weight is 502 g/mol. The number of amides is 3. The first-order valence-electron chi connectivity index (χ1n) is 11.0. The fourth-order valence-electron chi connectivity index (χ4n) is 4.48. The predicted molar refractivity (Wildman–Crippen MR) is 117 cm³/mol. The van der Waals surface area contributed by atoms with E-state index in [0.29, 0.717) is 49.3 Å². The molecule has 12 heteroatoms. The number of hydrogen-bond donors (Lipinski definition) is 1. The predicted octanol–water partition coefficient (Wildman–Crippen LogP) is 4.54. The van der Waals surface area contributed by atoms with Crippen LogP contribution in [-0.2, 0) is 19.5 Å². The molecule has 2 aliphatic rings. The van der Waals surface area contributed by atoms with E-state index in [1.165, 1.54) is 4.90 Å². The van der Waals surface area contributed by atoms with E-state index in [-0.39, 0.29) is 37.0 Å². The van der Waals surface area contributed by atoms with Crippen LogP contribution >= 0.6 is 11.6 Å². The molecule has 0 bridgehead atoms. The highest BCUT2D eigenvalue weighted by atomic mass is 35.5. The molecule has 7 nitrogen and oxygen atoms in total. The molecule has 2 aromatic rings. The normalized spacial score (nSPS) is 18.1. The monoisotopic (exact) mass is 501 g/mol. The fourth-order valence-corrected chi connectivity index (χ4v) is 4.65. The summed E-state index contributed by atoms with van der Waals surface area (Å²) in [6, 6.07) is 1.42. The fraction of sp³-hybridized carbons (Fsp3) is 0.500. The number of carbonyl (C=O) groups excluding carboxylic acids is 2.